The number of amides is 1. The van der Waals surface area contributed by atoms with E-state index in [1.165, 1.54) is 6.07 Å². The Labute approximate surface area is 138 Å². The van der Waals surface area contributed by atoms with Gasteiger partial charge < -0.3 is 14.1 Å². The van der Waals surface area contributed by atoms with E-state index < -0.39 is 6.10 Å². The van der Waals surface area contributed by atoms with Crippen molar-refractivity contribution < 1.29 is 18.3 Å². The number of hydrogen-bond donors (Lipinski definition) is 0. The van der Waals surface area contributed by atoms with Crippen LogP contribution in [0.4, 0.5) is 4.39 Å². The molecule has 0 bridgehead atoms. The number of nitrogens with zero attached hydrogens (tertiary/aromatic N) is 3. The third-order valence-corrected chi connectivity index (χ3v) is 4.61. The predicted octanol–water partition coefficient (Wildman–Crippen LogP) is 2.22. The van der Waals surface area contributed by atoms with Crippen LogP contribution < -0.4 is 0 Å². The molecule has 2 aliphatic rings. The summed E-state index contributed by atoms with van der Waals surface area (Å²) in [5.74, 6) is 0.507. The van der Waals surface area contributed by atoms with Crippen LogP contribution in [0.15, 0.2) is 28.7 Å². The average molecular weight is 331 g/mol. The number of hydrogen-bond acceptors (Lipinski definition) is 5. The number of aromatic nitrogens is 2. The lowest BCUT2D eigenvalue weighted by molar-refractivity contribution is -0.141. The number of aryl methyl sites for hydroxylation is 1. The van der Waals surface area contributed by atoms with Crippen LogP contribution in [-0.2, 0) is 9.53 Å². The van der Waals surface area contributed by atoms with Crippen LogP contribution in [0.1, 0.15) is 35.8 Å². The van der Waals surface area contributed by atoms with Crippen LogP contribution >= 0.6 is 0 Å². The summed E-state index contributed by atoms with van der Waals surface area (Å²) in [7, 11) is 0. The van der Waals surface area contributed by atoms with Crippen molar-refractivity contribution in [2.45, 2.75) is 25.4 Å². The van der Waals surface area contributed by atoms with E-state index in [9.17, 15) is 9.18 Å². The molecule has 6 nitrogen and oxygen atoms in total. The molecule has 2 aromatic rings. The molecule has 1 aliphatic heterocycles. The minimum absolute atomic E-state index is 0.0226. The number of carbonyl (C=O) groups excluding carboxylic acids is 1. The smallest absolute Gasteiger partial charge is 0.246 e. The van der Waals surface area contributed by atoms with Crippen molar-refractivity contribution >= 4 is 5.91 Å². The average Bonchev–Trinajstić information content (AvgIpc) is 3.27. The molecule has 24 heavy (non-hydrogen) atoms. The van der Waals surface area contributed by atoms with Crippen molar-refractivity contribution in [2.75, 3.05) is 19.7 Å². The first-order valence-corrected chi connectivity index (χ1v) is 8.08. The van der Waals surface area contributed by atoms with Gasteiger partial charge in [0.1, 0.15) is 5.82 Å². The highest BCUT2D eigenvalue weighted by molar-refractivity contribution is 5.83. The normalized spacial score (nSPS) is 26.4. The SMILES string of the molecule is Cc1nnc(C2CN(C(=O)C3CC3c3ccccc3F)CCO2)o1. The molecule has 0 radical (unpaired) electrons. The van der Waals surface area contributed by atoms with Crippen LogP contribution in [-0.4, -0.2) is 40.7 Å². The molecule has 4 rings (SSSR count). The summed E-state index contributed by atoms with van der Waals surface area (Å²) in [5, 5.41) is 7.77. The van der Waals surface area contributed by atoms with E-state index in [1.54, 1.807) is 30.0 Å². The Balaban J connectivity index is 1.43. The molecule has 0 N–H and O–H groups in total. The Kier molecular flexibility index (Phi) is 3.80. The number of morpholine rings is 1. The predicted molar refractivity (Wildman–Crippen MR) is 81.6 cm³/mol. The molecular weight excluding hydrogens is 313 g/mol. The van der Waals surface area contributed by atoms with Gasteiger partial charge in [-0.05, 0) is 24.0 Å². The van der Waals surface area contributed by atoms with Gasteiger partial charge in [0.2, 0.25) is 17.7 Å². The summed E-state index contributed by atoms with van der Waals surface area (Å²) < 4.78 is 24.9. The lowest BCUT2D eigenvalue weighted by atomic mass is 10.1. The van der Waals surface area contributed by atoms with Crippen molar-refractivity contribution in [3.8, 4) is 0 Å². The lowest BCUT2D eigenvalue weighted by Crippen LogP contribution is -2.43. The third-order valence-electron chi connectivity index (χ3n) is 4.61. The van der Waals surface area contributed by atoms with E-state index in [-0.39, 0.29) is 23.6 Å². The number of halogens is 1. The first kappa shape index (κ1) is 15.3. The van der Waals surface area contributed by atoms with Gasteiger partial charge in [-0.25, -0.2) is 4.39 Å². The molecule has 1 aliphatic carbocycles. The van der Waals surface area contributed by atoms with E-state index in [2.05, 4.69) is 10.2 Å². The second-order valence-electron chi connectivity index (χ2n) is 6.27. The molecule has 1 saturated carbocycles. The highest BCUT2D eigenvalue weighted by Gasteiger charge is 2.47. The minimum Gasteiger partial charge on any atom is -0.423 e. The number of rotatable bonds is 3. The molecule has 1 aromatic heterocycles. The van der Waals surface area contributed by atoms with Gasteiger partial charge >= 0.3 is 0 Å². The Morgan fingerprint density at radius 1 is 1.33 bits per heavy atom. The van der Waals surface area contributed by atoms with E-state index in [0.29, 0.717) is 43.5 Å². The Morgan fingerprint density at radius 3 is 2.92 bits per heavy atom. The molecule has 1 amide bonds. The molecule has 0 spiro atoms. The van der Waals surface area contributed by atoms with E-state index >= 15 is 0 Å². The van der Waals surface area contributed by atoms with Crippen molar-refractivity contribution in [1.82, 2.24) is 15.1 Å². The van der Waals surface area contributed by atoms with Crippen LogP contribution in [0.5, 0.6) is 0 Å². The van der Waals surface area contributed by atoms with Crippen LogP contribution in [0, 0.1) is 18.7 Å². The lowest BCUT2D eigenvalue weighted by Gasteiger charge is -2.31. The van der Waals surface area contributed by atoms with Crippen molar-refractivity contribution in [2.24, 2.45) is 5.92 Å². The molecule has 126 valence electrons. The topological polar surface area (TPSA) is 68.5 Å². The first-order valence-electron chi connectivity index (χ1n) is 8.08. The zero-order chi connectivity index (χ0) is 16.7. The maximum absolute atomic E-state index is 13.9. The second kappa shape index (κ2) is 5.98. The monoisotopic (exact) mass is 331 g/mol. The van der Waals surface area contributed by atoms with Gasteiger partial charge in [0.15, 0.2) is 6.10 Å². The maximum atomic E-state index is 13.9. The third kappa shape index (κ3) is 2.80. The van der Waals surface area contributed by atoms with Gasteiger partial charge in [-0.1, -0.05) is 18.2 Å². The van der Waals surface area contributed by atoms with E-state index in [4.69, 9.17) is 9.15 Å². The summed E-state index contributed by atoms with van der Waals surface area (Å²) in [6, 6.07) is 6.67. The maximum Gasteiger partial charge on any atom is 0.246 e. The summed E-state index contributed by atoms with van der Waals surface area (Å²) in [5.41, 5.74) is 0.633. The van der Waals surface area contributed by atoms with Gasteiger partial charge in [0, 0.05) is 19.4 Å². The molecular formula is C17H18FN3O3. The highest BCUT2D eigenvalue weighted by atomic mass is 19.1. The molecule has 2 fully saturated rings. The zero-order valence-electron chi connectivity index (χ0n) is 13.3. The van der Waals surface area contributed by atoms with Crippen molar-refractivity contribution in [1.29, 1.82) is 0 Å². The van der Waals surface area contributed by atoms with Gasteiger partial charge in [-0.2, -0.15) is 0 Å². The second-order valence-corrected chi connectivity index (χ2v) is 6.27. The summed E-state index contributed by atoms with van der Waals surface area (Å²) in [6.45, 7) is 3.06. The Hall–Kier alpha value is -2.28. The van der Waals surface area contributed by atoms with Crippen molar-refractivity contribution in [3.05, 3.63) is 47.4 Å². The highest BCUT2D eigenvalue weighted by Crippen LogP contribution is 2.49. The van der Waals surface area contributed by atoms with Crippen LogP contribution in [0.2, 0.25) is 0 Å². The molecule has 3 unspecified atom stereocenters. The fourth-order valence-electron chi connectivity index (χ4n) is 3.26. The molecule has 2 heterocycles. The molecule has 1 saturated heterocycles. The zero-order valence-corrected chi connectivity index (χ0v) is 13.3. The fourth-order valence-corrected chi connectivity index (χ4v) is 3.26. The first-order chi connectivity index (χ1) is 11.6. The van der Waals surface area contributed by atoms with E-state index in [0.717, 1.165) is 0 Å². The number of ether oxygens (including phenoxy) is 1. The summed E-state index contributed by atoms with van der Waals surface area (Å²) in [4.78, 5) is 14.5. The van der Waals surface area contributed by atoms with Gasteiger partial charge in [-0.3, -0.25) is 4.79 Å². The Morgan fingerprint density at radius 2 is 2.17 bits per heavy atom. The van der Waals surface area contributed by atoms with Crippen LogP contribution in [0.3, 0.4) is 0 Å². The Bertz CT molecular complexity index is 763. The van der Waals surface area contributed by atoms with E-state index in [1.807, 2.05) is 0 Å². The fraction of sp³-hybridized carbons (Fsp3) is 0.471. The summed E-state index contributed by atoms with van der Waals surface area (Å²) >= 11 is 0. The largest absolute Gasteiger partial charge is 0.423 e. The number of carbonyl (C=O) groups is 1. The standard InChI is InChI=1S/C17H18FN3O3/c1-10-19-20-16(24-10)15-9-21(6-7-23-15)17(22)13-8-12(13)11-4-2-3-5-14(11)18/h2-5,12-13,15H,6-9H2,1H3. The summed E-state index contributed by atoms with van der Waals surface area (Å²) in [6.07, 6.45) is 0.302. The van der Waals surface area contributed by atoms with Gasteiger partial charge in [0.05, 0.1) is 13.2 Å². The van der Waals surface area contributed by atoms with Crippen molar-refractivity contribution in [3.63, 3.8) is 0 Å². The molecule has 7 heteroatoms. The van der Waals surface area contributed by atoms with Gasteiger partial charge in [0.25, 0.3) is 0 Å². The van der Waals surface area contributed by atoms with Crippen LogP contribution in [0.25, 0.3) is 0 Å². The molecule has 1 aromatic carbocycles. The minimum atomic E-state index is -0.394. The number of benzene rings is 1. The van der Waals surface area contributed by atoms with Gasteiger partial charge in [-0.15, -0.1) is 10.2 Å². The quantitative estimate of drug-likeness (QED) is 0.863. The molecule has 3 atom stereocenters.